The summed E-state index contributed by atoms with van der Waals surface area (Å²) in [7, 11) is 2.99. The van der Waals surface area contributed by atoms with Crippen LogP contribution in [0.4, 0.5) is 0 Å². The molecule has 0 saturated carbocycles. The number of nitrogens with zero attached hydrogens (tertiary/aromatic N) is 4. The number of phenolic OH excluding ortho intramolecular Hbond substituents is 1. The number of imidazole rings is 1. The highest BCUT2D eigenvalue weighted by Crippen LogP contribution is 2.39. The molecule has 3 heterocycles. The topological polar surface area (TPSA) is 112 Å². The van der Waals surface area contributed by atoms with Crippen LogP contribution in [0.5, 0.6) is 23.1 Å². The van der Waals surface area contributed by atoms with E-state index in [0.29, 0.717) is 18.0 Å². The maximum atomic E-state index is 10.7. The van der Waals surface area contributed by atoms with Crippen LogP contribution in [-0.4, -0.2) is 50.1 Å². The van der Waals surface area contributed by atoms with Crippen LogP contribution in [0.15, 0.2) is 55.1 Å². The number of ether oxygens (including phenoxy) is 3. The van der Waals surface area contributed by atoms with Crippen molar-refractivity contribution in [3.8, 4) is 23.1 Å². The molecule has 32 heavy (non-hydrogen) atoms. The summed E-state index contributed by atoms with van der Waals surface area (Å²) in [4.78, 5) is 12.8. The zero-order chi connectivity index (χ0) is 22.7. The van der Waals surface area contributed by atoms with Crippen molar-refractivity contribution in [3.63, 3.8) is 0 Å². The Morgan fingerprint density at radius 3 is 2.56 bits per heavy atom. The SMILES string of the molecule is COc1ccc([C@H](O)[C@H](C)Oc2cc(Cn3cnc4cccnc43)cc(OC)c2O)cn1. The highest BCUT2D eigenvalue weighted by atomic mass is 16.5. The number of pyridine rings is 2. The number of phenols is 1. The van der Waals surface area contributed by atoms with Crippen molar-refractivity contribution in [2.75, 3.05) is 14.2 Å². The molecule has 2 atom stereocenters. The number of fused-ring (bicyclic) bond motifs is 1. The summed E-state index contributed by atoms with van der Waals surface area (Å²) in [6, 6.07) is 10.5. The van der Waals surface area contributed by atoms with E-state index >= 15 is 0 Å². The highest BCUT2D eigenvalue weighted by Gasteiger charge is 2.22. The Labute approximate surface area is 184 Å². The molecule has 9 heteroatoms. The molecule has 0 aliphatic heterocycles. The second-order valence-electron chi connectivity index (χ2n) is 7.27. The number of rotatable bonds is 8. The van der Waals surface area contributed by atoms with E-state index in [9.17, 15) is 10.2 Å². The van der Waals surface area contributed by atoms with Crippen molar-refractivity contribution in [2.24, 2.45) is 0 Å². The number of aromatic hydroxyl groups is 1. The first-order valence-electron chi connectivity index (χ1n) is 10.0. The van der Waals surface area contributed by atoms with Crippen LogP contribution in [0.3, 0.4) is 0 Å². The number of hydrogen-bond donors (Lipinski definition) is 2. The third kappa shape index (κ3) is 4.28. The third-order valence-electron chi connectivity index (χ3n) is 5.11. The molecule has 0 aliphatic rings. The monoisotopic (exact) mass is 436 g/mol. The first-order valence-corrected chi connectivity index (χ1v) is 10.0. The van der Waals surface area contributed by atoms with Gasteiger partial charge in [0, 0.05) is 24.0 Å². The number of methoxy groups -OCH3 is 2. The summed E-state index contributed by atoms with van der Waals surface area (Å²) in [6.07, 6.45) is 3.30. The number of aliphatic hydroxyl groups is 1. The minimum atomic E-state index is -0.968. The van der Waals surface area contributed by atoms with Crippen molar-refractivity contribution < 1.29 is 24.4 Å². The number of benzene rings is 1. The highest BCUT2D eigenvalue weighted by molar-refractivity contribution is 5.70. The Morgan fingerprint density at radius 1 is 1.03 bits per heavy atom. The van der Waals surface area contributed by atoms with E-state index in [-0.39, 0.29) is 17.2 Å². The Kier molecular flexibility index (Phi) is 6.09. The molecule has 9 nitrogen and oxygen atoms in total. The predicted molar refractivity (Wildman–Crippen MR) is 117 cm³/mol. The van der Waals surface area contributed by atoms with Crippen LogP contribution in [-0.2, 0) is 6.54 Å². The van der Waals surface area contributed by atoms with Gasteiger partial charge in [-0.05, 0) is 42.8 Å². The van der Waals surface area contributed by atoms with Gasteiger partial charge in [-0.1, -0.05) is 0 Å². The third-order valence-corrected chi connectivity index (χ3v) is 5.11. The molecule has 0 saturated heterocycles. The van der Waals surface area contributed by atoms with Crippen LogP contribution < -0.4 is 14.2 Å². The first kappa shape index (κ1) is 21.4. The maximum absolute atomic E-state index is 10.7. The standard InChI is InChI=1S/C23H24N4O5/c1-14(21(28)16-6-7-20(31-3)25-11-16)32-19-10-15(9-18(30-2)22(19)29)12-27-13-26-17-5-4-8-24-23(17)27/h4-11,13-14,21,28-29H,12H2,1-3H3/t14-,21+/m0/s1. The van der Waals surface area contributed by atoms with Crippen molar-refractivity contribution in [1.29, 1.82) is 0 Å². The molecular weight excluding hydrogens is 412 g/mol. The molecule has 0 spiro atoms. The van der Waals surface area contributed by atoms with Gasteiger partial charge in [0.2, 0.25) is 11.6 Å². The van der Waals surface area contributed by atoms with Gasteiger partial charge < -0.3 is 29.0 Å². The van der Waals surface area contributed by atoms with Crippen molar-refractivity contribution in [1.82, 2.24) is 19.5 Å². The fourth-order valence-electron chi connectivity index (χ4n) is 3.41. The maximum Gasteiger partial charge on any atom is 0.212 e. The van der Waals surface area contributed by atoms with E-state index in [4.69, 9.17) is 14.2 Å². The molecule has 0 amide bonds. The first-order chi connectivity index (χ1) is 15.5. The molecule has 2 N–H and O–H groups in total. The van der Waals surface area contributed by atoms with E-state index in [1.807, 2.05) is 16.7 Å². The Morgan fingerprint density at radius 2 is 1.84 bits per heavy atom. The molecule has 4 aromatic rings. The van der Waals surface area contributed by atoms with Gasteiger partial charge in [0.05, 0.1) is 27.1 Å². The number of aliphatic hydroxyl groups excluding tert-OH is 1. The average molecular weight is 436 g/mol. The van der Waals surface area contributed by atoms with E-state index in [1.165, 1.54) is 20.4 Å². The largest absolute Gasteiger partial charge is 0.502 e. The van der Waals surface area contributed by atoms with Crippen molar-refractivity contribution in [3.05, 3.63) is 66.2 Å². The summed E-state index contributed by atoms with van der Waals surface area (Å²) in [5.74, 6) is 0.773. The molecule has 0 unspecified atom stereocenters. The molecule has 0 bridgehead atoms. The summed E-state index contributed by atoms with van der Waals surface area (Å²) < 4.78 is 18.2. The van der Waals surface area contributed by atoms with Gasteiger partial charge in [-0.2, -0.15) is 0 Å². The zero-order valence-corrected chi connectivity index (χ0v) is 18.0. The second kappa shape index (κ2) is 9.11. The van der Waals surface area contributed by atoms with Crippen molar-refractivity contribution in [2.45, 2.75) is 25.7 Å². The van der Waals surface area contributed by atoms with E-state index in [2.05, 4.69) is 15.0 Å². The van der Waals surface area contributed by atoms with Gasteiger partial charge in [0.15, 0.2) is 17.1 Å². The predicted octanol–water partition coefficient (Wildman–Crippen LogP) is 3.10. The smallest absolute Gasteiger partial charge is 0.212 e. The quantitative estimate of drug-likeness (QED) is 0.433. The van der Waals surface area contributed by atoms with Crippen LogP contribution in [0, 0.1) is 0 Å². The molecule has 4 rings (SSSR count). The fourth-order valence-corrected chi connectivity index (χ4v) is 3.41. The van der Waals surface area contributed by atoms with Crippen LogP contribution >= 0.6 is 0 Å². The Hall–Kier alpha value is -3.85. The lowest BCUT2D eigenvalue weighted by Crippen LogP contribution is -2.22. The van der Waals surface area contributed by atoms with E-state index in [1.54, 1.807) is 43.7 Å². The zero-order valence-electron chi connectivity index (χ0n) is 18.0. The van der Waals surface area contributed by atoms with Gasteiger partial charge in [-0.25, -0.2) is 15.0 Å². The number of aromatic nitrogens is 4. The lowest BCUT2D eigenvalue weighted by molar-refractivity contribution is 0.0446. The minimum absolute atomic E-state index is 0.142. The van der Waals surface area contributed by atoms with E-state index < -0.39 is 12.2 Å². The van der Waals surface area contributed by atoms with Gasteiger partial charge in [-0.15, -0.1) is 0 Å². The van der Waals surface area contributed by atoms with E-state index in [0.717, 1.165) is 16.7 Å². The Balaban J connectivity index is 1.58. The molecule has 0 radical (unpaired) electrons. The number of hydrogen-bond acceptors (Lipinski definition) is 8. The summed E-state index contributed by atoms with van der Waals surface area (Å²) in [5, 5.41) is 21.3. The Bertz CT molecular complexity index is 1210. The molecular formula is C23H24N4O5. The van der Waals surface area contributed by atoms with Crippen LogP contribution in [0.1, 0.15) is 24.2 Å². The second-order valence-corrected chi connectivity index (χ2v) is 7.27. The van der Waals surface area contributed by atoms with Gasteiger partial charge in [0.1, 0.15) is 17.7 Å². The normalized spacial score (nSPS) is 13.0. The average Bonchev–Trinajstić information content (AvgIpc) is 3.23. The molecule has 3 aromatic heterocycles. The van der Waals surface area contributed by atoms with Crippen LogP contribution in [0.25, 0.3) is 11.2 Å². The molecule has 0 aliphatic carbocycles. The van der Waals surface area contributed by atoms with Gasteiger partial charge in [0.25, 0.3) is 0 Å². The van der Waals surface area contributed by atoms with Crippen molar-refractivity contribution >= 4 is 11.2 Å². The fraction of sp³-hybridized carbons (Fsp3) is 0.261. The lowest BCUT2D eigenvalue weighted by atomic mass is 10.1. The lowest BCUT2D eigenvalue weighted by Gasteiger charge is -2.22. The minimum Gasteiger partial charge on any atom is -0.502 e. The summed E-state index contributed by atoms with van der Waals surface area (Å²) in [6.45, 7) is 2.15. The molecule has 1 aromatic carbocycles. The van der Waals surface area contributed by atoms with Gasteiger partial charge in [-0.3, -0.25) is 0 Å². The van der Waals surface area contributed by atoms with Crippen LogP contribution in [0.2, 0.25) is 0 Å². The summed E-state index contributed by atoms with van der Waals surface area (Å²) >= 11 is 0. The molecule has 166 valence electrons. The summed E-state index contributed by atoms with van der Waals surface area (Å²) in [5.41, 5.74) is 2.92. The van der Waals surface area contributed by atoms with Gasteiger partial charge >= 0.3 is 0 Å². The molecule has 0 fully saturated rings.